The third-order valence-corrected chi connectivity index (χ3v) is 7.31. The average molecular weight is 692 g/mol. The summed E-state index contributed by atoms with van der Waals surface area (Å²) in [5.74, 6) is -6.52. The van der Waals surface area contributed by atoms with Crippen molar-refractivity contribution in [1.29, 1.82) is 0 Å². The van der Waals surface area contributed by atoms with Crippen molar-refractivity contribution in [2.75, 3.05) is 6.61 Å². The molecule has 1 saturated heterocycles. The summed E-state index contributed by atoms with van der Waals surface area (Å²) in [5.41, 5.74) is 0.0391. The van der Waals surface area contributed by atoms with Gasteiger partial charge < -0.3 is 29.0 Å². The minimum atomic E-state index is -5.43. The fourth-order valence-corrected chi connectivity index (χ4v) is 4.89. The molecule has 1 amide bonds. The minimum Gasteiger partial charge on any atom is -0.459 e. The van der Waals surface area contributed by atoms with Crippen LogP contribution in [0.2, 0.25) is 0 Å². The molecule has 0 aliphatic carbocycles. The van der Waals surface area contributed by atoms with Gasteiger partial charge in [0.25, 0.3) is 0 Å². The fraction of sp³-hybridized carbons (Fsp3) is 0.194. The number of nitrogens with one attached hydrogen (secondary N) is 1. The number of carbonyl (C=O) groups is 5. The maximum atomic E-state index is 13.6. The van der Waals surface area contributed by atoms with Gasteiger partial charge in [-0.2, -0.15) is 13.2 Å². The SMILES string of the molecule is O=C(OC[C@H]1O[C@H](NC(=O)C(F)(F)F)[C@H](OC(=O)c2ccccc2)[C@@H](OC(=O)c2ccccc2)[C@H]1OC(=O)c1ccccc1)c1ccccc1. The second-order valence-electron chi connectivity index (χ2n) is 10.7. The van der Waals surface area contributed by atoms with Crippen LogP contribution in [0.25, 0.3) is 0 Å². The van der Waals surface area contributed by atoms with Gasteiger partial charge in [0, 0.05) is 0 Å². The molecule has 0 radical (unpaired) electrons. The van der Waals surface area contributed by atoms with Gasteiger partial charge in [0.2, 0.25) is 0 Å². The number of esters is 4. The van der Waals surface area contributed by atoms with Crippen LogP contribution < -0.4 is 5.32 Å². The third kappa shape index (κ3) is 8.90. The highest BCUT2D eigenvalue weighted by Crippen LogP contribution is 2.31. The molecular formula is C36H28F3NO10. The van der Waals surface area contributed by atoms with Gasteiger partial charge in [0.05, 0.1) is 22.3 Å². The standard InChI is InChI=1S/C36H28F3NO10/c37-36(38,39)35(45)40-30-29(50-34(44)25-19-11-4-12-20-25)28(49-33(43)24-17-9-3-10-18-24)27(48-32(42)23-15-7-2-8-16-23)26(47-30)21-46-31(41)22-13-5-1-6-14-22/h1-20,26-30H,21H2,(H,40,45)/t26-,27+,28+,29-,30+/m1/s1. The van der Waals surface area contributed by atoms with E-state index in [0.29, 0.717) is 0 Å². The molecule has 14 heteroatoms. The first-order valence-corrected chi connectivity index (χ1v) is 15.0. The molecule has 0 spiro atoms. The monoisotopic (exact) mass is 691 g/mol. The smallest absolute Gasteiger partial charge is 0.459 e. The van der Waals surface area contributed by atoms with Crippen LogP contribution in [0.5, 0.6) is 0 Å². The highest BCUT2D eigenvalue weighted by molar-refractivity contribution is 5.92. The van der Waals surface area contributed by atoms with Gasteiger partial charge in [0.1, 0.15) is 12.7 Å². The molecule has 0 aromatic heterocycles. The van der Waals surface area contributed by atoms with Crippen LogP contribution in [0.3, 0.4) is 0 Å². The number of alkyl halides is 3. The number of halogens is 3. The molecule has 5 rings (SSSR count). The summed E-state index contributed by atoms with van der Waals surface area (Å²) < 4.78 is 69.0. The van der Waals surface area contributed by atoms with E-state index in [2.05, 4.69) is 0 Å². The highest BCUT2D eigenvalue weighted by atomic mass is 19.4. The predicted molar refractivity (Wildman–Crippen MR) is 167 cm³/mol. The Kier molecular flexibility index (Phi) is 11.2. The molecule has 1 fully saturated rings. The Hall–Kier alpha value is -6.02. The van der Waals surface area contributed by atoms with Crippen molar-refractivity contribution in [3.63, 3.8) is 0 Å². The molecule has 0 saturated carbocycles. The van der Waals surface area contributed by atoms with Crippen LogP contribution in [0.1, 0.15) is 41.4 Å². The largest absolute Gasteiger partial charge is 0.471 e. The van der Waals surface area contributed by atoms with Gasteiger partial charge in [-0.25, -0.2) is 19.2 Å². The zero-order valence-corrected chi connectivity index (χ0v) is 25.9. The number of hydrogen-bond acceptors (Lipinski definition) is 10. The van der Waals surface area contributed by atoms with Crippen LogP contribution in [0, 0.1) is 0 Å². The summed E-state index contributed by atoms with van der Waals surface area (Å²) in [6.07, 6.45) is -15.1. The Balaban J connectivity index is 1.58. The van der Waals surface area contributed by atoms with Gasteiger partial charge in [0.15, 0.2) is 24.5 Å². The van der Waals surface area contributed by atoms with E-state index >= 15 is 0 Å². The Morgan fingerprint density at radius 3 is 1.30 bits per heavy atom. The molecule has 258 valence electrons. The van der Waals surface area contributed by atoms with Crippen LogP contribution >= 0.6 is 0 Å². The predicted octanol–water partition coefficient (Wildman–Crippen LogP) is 4.92. The lowest BCUT2D eigenvalue weighted by atomic mass is 9.96. The first kappa shape index (κ1) is 35.3. The van der Waals surface area contributed by atoms with Gasteiger partial charge in [-0.05, 0) is 48.5 Å². The molecule has 50 heavy (non-hydrogen) atoms. The topological polar surface area (TPSA) is 144 Å². The van der Waals surface area contributed by atoms with E-state index in [9.17, 15) is 37.1 Å². The van der Waals surface area contributed by atoms with Crippen molar-refractivity contribution in [3.8, 4) is 0 Å². The molecule has 1 aliphatic heterocycles. The zero-order chi connectivity index (χ0) is 35.7. The molecule has 0 bridgehead atoms. The maximum absolute atomic E-state index is 13.6. The molecule has 4 aromatic carbocycles. The summed E-state index contributed by atoms with van der Waals surface area (Å²) >= 11 is 0. The maximum Gasteiger partial charge on any atom is 0.471 e. The van der Waals surface area contributed by atoms with Crippen LogP contribution in [0.4, 0.5) is 13.2 Å². The number of carbonyl (C=O) groups excluding carboxylic acids is 5. The van der Waals surface area contributed by atoms with Crippen molar-refractivity contribution in [2.24, 2.45) is 0 Å². The minimum absolute atomic E-state index is 0.0194. The molecule has 1 aliphatic rings. The highest BCUT2D eigenvalue weighted by Gasteiger charge is 2.55. The summed E-state index contributed by atoms with van der Waals surface area (Å²) in [4.78, 5) is 65.3. The number of rotatable bonds is 10. The van der Waals surface area contributed by atoms with Gasteiger partial charge in [-0.3, -0.25) is 4.79 Å². The number of amides is 1. The quantitative estimate of drug-likeness (QED) is 0.180. The number of benzene rings is 4. The molecule has 1 N–H and O–H groups in total. The lowest BCUT2D eigenvalue weighted by molar-refractivity contribution is -0.239. The Morgan fingerprint density at radius 1 is 0.540 bits per heavy atom. The molecule has 5 atom stereocenters. The first-order valence-electron chi connectivity index (χ1n) is 15.0. The summed E-state index contributed by atoms with van der Waals surface area (Å²) in [6, 6.07) is 29.8. The van der Waals surface area contributed by atoms with Gasteiger partial charge in [-0.15, -0.1) is 0 Å². The Labute approximate surface area is 282 Å². The molecule has 11 nitrogen and oxygen atoms in total. The van der Waals surface area contributed by atoms with Crippen LogP contribution in [-0.4, -0.2) is 73.2 Å². The van der Waals surface area contributed by atoms with Crippen LogP contribution in [0.15, 0.2) is 121 Å². The van der Waals surface area contributed by atoms with E-state index < -0.39 is 73.2 Å². The van der Waals surface area contributed by atoms with Crippen molar-refractivity contribution in [3.05, 3.63) is 144 Å². The van der Waals surface area contributed by atoms with Crippen LogP contribution in [-0.2, 0) is 28.5 Å². The Bertz CT molecular complexity index is 1790. The summed E-state index contributed by atoms with van der Waals surface area (Å²) in [5, 5.41) is 1.63. The van der Waals surface area contributed by atoms with Crippen molar-refractivity contribution in [1.82, 2.24) is 5.32 Å². The van der Waals surface area contributed by atoms with Crippen molar-refractivity contribution in [2.45, 2.75) is 36.8 Å². The van der Waals surface area contributed by atoms with E-state index in [-0.39, 0.29) is 22.3 Å². The first-order chi connectivity index (χ1) is 24.0. The Morgan fingerprint density at radius 2 is 0.900 bits per heavy atom. The summed E-state index contributed by atoms with van der Waals surface area (Å²) in [7, 11) is 0. The number of hydrogen-bond donors (Lipinski definition) is 1. The molecule has 1 heterocycles. The van der Waals surface area contributed by atoms with E-state index in [1.165, 1.54) is 84.9 Å². The van der Waals surface area contributed by atoms with Crippen molar-refractivity contribution < 1.29 is 60.8 Å². The van der Waals surface area contributed by atoms with E-state index in [1.807, 2.05) is 0 Å². The van der Waals surface area contributed by atoms with Gasteiger partial charge >= 0.3 is 36.0 Å². The zero-order valence-electron chi connectivity index (χ0n) is 25.9. The molecular weight excluding hydrogens is 663 g/mol. The second-order valence-corrected chi connectivity index (χ2v) is 10.7. The van der Waals surface area contributed by atoms with E-state index in [4.69, 9.17) is 23.7 Å². The lowest BCUT2D eigenvalue weighted by Crippen LogP contribution is -2.67. The summed E-state index contributed by atoms with van der Waals surface area (Å²) in [6.45, 7) is -0.780. The number of ether oxygens (including phenoxy) is 5. The lowest BCUT2D eigenvalue weighted by Gasteiger charge is -2.44. The van der Waals surface area contributed by atoms with Crippen molar-refractivity contribution >= 4 is 29.8 Å². The molecule has 4 aromatic rings. The molecule has 0 unspecified atom stereocenters. The van der Waals surface area contributed by atoms with Gasteiger partial charge in [-0.1, -0.05) is 72.8 Å². The normalized spacial score (nSPS) is 20.1. The second kappa shape index (κ2) is 15.9. The van der Waals surface area contributed by atoms with E-state index in [0.717, 1.165) is 0 Å². The third-order valence-electron chi connectivity index (χ3n) is 7.31. The van der Waals surface area contributed by atoms with E-state index in [1.54, 1.807) is 41.7 Å². The fourth-order valence-electron chi connectivity index (χ4n) is 4.89. The average Bonchev–Trinajstić information content (AvgIpc) is 3.13.